The number of nitrogens with zero attached hydrogens (tertiary/aromatic N) is 3. The quantitative estimate of drug-likeness (QED) is 0.0556. The number of carbonyl (C=O) groups excluding carboxylic acids is 4. The highest BCUT2D eigenvalue weighted by atomic mass is 16.5. The summed E-state index contributed by atoms with van der Waals surface area (Å²) in [4.78, 5) is 79.9. The van der Waals surface area contributed by atoms with E-state index in [0.29, 0.717) is 16.0 Å². The molecule has 53 heavy (non-hydrogen) atoms. The summed E-state index contributed by atoms with van der Waals surface area (Å²) >= 11 is 0. The summed E-state index contributed by atoms with van der Waals surface area (Å²) in [6.07, 6.45) is -0.0734. The van der Waals surface area contributed by atoms with Crippen LogP contribution in [0.5, 0.6) is 0 Å². The van der Waals surface area contributed by atoms with Crippen LogP contribution in [-0.2, 0) is 41.8 Å². The Hall–Kier alpha value is -6.45. The van der Waals surface area contributed by atoms with Gasteiger partial charge in [0, 0.05) is 19.6 Å². The Morgan fingerprint density at radius 1 is 0.755 bits per heavy atom. The van der Waals surface area contributed by atoms with Gasteiger partial charge in [0.05, 0.1) is 12.5 Å². The zero-order valence-corrected chi connectivity index (χ0v) is 29.4. The zero-order valence-electron chi connectivity index (χ0n) is 29.4. The van der Waals surface area contributed by atoms with Gasteiger partial charge in [-0.1, -0.05) is 84.9 Å². The number of esters is 1. The zero-order chi connectivity index (χ0) is 38.9. The number of guanidine groups is 1. The third kappa shape index (κ3) is 13.0. The van der Waals surface area contributed by atoms with Crippen LogP contribution in [0, 0.1) is 5.41 Å². The van der Waals surface area contributed by atoms with Crippen molar-refractivity contribution in [3.63, 3.8) is 0 Å². The van der Waals surface area contributed by atoms with Gasteiger partial charge in [-0.15, -0.1) is 0 Å². The van der Waals surface area contributed by atoms with Crippen LogP contribution in [0.4, 0.5) is 4.79 Å². The average Bonchev–Trinajstić information content (AvgIpc) is 3.12. The molecule has 1 atom stereocenters. The predicted molar refractivity (Wildman–Crippen MR) is 193 cm³/mol. The third-order valence-corrected chi connectivity index (χ3v) is 8.14. The van der Waals surface area contributed by atoms with Gasteiger partial charge in [-0.2, -0.15) is 0 Å². The maximum absolute atomic E-state index is 14.8. The van der Waals surface area contributed by atoms with Crippen LogP contribution in [0.15, 0.2) is 84.9 Å². The topological polar surface area (TPSA) is 250 Å². The number of primary amides is 1. The lowest BCUT2D eigenvalue weighted by Gasteiger charge is -2.36. The molecule has 3 rings (SSSR count). The van der Waals surface area contributed by atoms with Gasteiger partial charge < -0.3 is 46.4 Å². The van der Waals surface area contributed by atoms with Gasteiger partial charge in [0.15, 0.2) is 5.96 Å². The van der Waals surface area contributed by atoms with Crippen molar-refractivity contribution in [1.82, 2.24) is 20.0 Å². The molecule has 0 aliphatic heterocycles. The lowest BCUT2D eigenvalue weighted by Crippen LogP contribution is -2.55. The molecule has 0 saturated heterocycles. The maximum atomic E-state index is 14.8. The summed E-state index contributed by atoms with van der Waals surface area (Å²) in [7, 11) is 0. The van der Waals surface area contributed by atoms with E-state index in [1.54, 1.807) is 91.9 Å². The fraction of sp³-hybridized carbons (Fsp3) is 0.324. The van der Waals surface area contributed by atoms with E-state index in [1.165, 1.54) is 4.90 Å². The second-order valence-electron chi connectivity index (χ2n) is 12.0. The Kier molecular flexibility index (Phi) is 15.8. The molecule has 8 N–H and O–H groups in total. The van der Waals surface area contributed by atoms with E-state index in [-0.39, 0.29) is 45.0 Å². The molecule has 0 spiro atoms. The summed E-state index contributed by atoms with van der Waals surface area (Å²) in [6.45, 7) is -0.614. The van der Waals surface area contributed by atoms with Crippen LogP contribution in [-0.4, -0.2) is 105 Å². The van der Waals surface area contributed by atoms with Crippen LogP contribution >= 0.6 is 0 Å². The van der Waals surface area contributed by atoms with Crippen LogP contribution in [0.2, 0.25) is 0 Å². The first kappa shape index (κ1) is 41.0. The molecule has 16 heteroatoms. The van der Waals surface area contributed by atoms with Crippen molar-refractivity contribution in [3.8, 4) is 0 Å². The number of aliphatic carboxylic acids is 2. The first-order valence-corrected chi connectivity index (χ1v) is 16.8. The molecule has 0 aromatic heterocycles. The van der Waals surface area contributed by atoms with Gasteiger partial charge in [-0.3, -0.25) is 29.4 Å². The predicted octanol–water partition coefficient (Wildman–Crippen LogP) is 1.92. The van der Waals surface area contributed by atoms with E-state index >= 15 is 0 Å². The number of rotatable bonds is 20. The fourth-order valence-electron chi connectivity index (χ4n) is 5.72. The summed E-state index contributed by atoms with van der Waals surface area (Å²) in [6, 6.07) is 22.3. The van der Waals surface area contributed by atoms with Gasteiger partial charge in [-0.25, -0.2) is 4.79 Å². The number of carbonyl (C=O) groups is 6. The normalized spacial score (nSPS) is 11.2. The molecular weight excluding hydrogens is 686 g/mol. The minimum Gasteiger partial charge on any atom is -0.480 e. The molecule has 0 heterocycles. The number of carboxylic acid groups (broad SMARTS) is 2. The van der Waals surface area contributed by atoms with E-state index in [9.17, 15) is 39.0 Å². The molecule has 0 unspecified atom stereocenters. The Morgan fingerprint density at radius 2 is 1.28 bits per heavy atom. The molecule has 0 radical (unpaired) electrons. The molecule has 282 valence electrons. The molecule has 0 bridgehead atoms. The molecule has 3 aromatic rings. The average molecular weight is 732 g/mol. The highest BCUT2D eigenvalue weighted by Gasteiger charge is 2.39. The number of nitrogens with two attached hydrogens (primary N) is 2. The monoisotopic (exact) mass is 731 g/mol. The first-order valence-electron chi connectivity index (χ1n) is 16.8. The fourth-order valence-corrected chi connectivity index (χ4v) is 5.72. The SMILES string of the molecule is CCOC(=O)CN(C(=O)C(c1ccccc1)c1ccccc1)[C@H](CCCN(Cc1ccc(CNC(N)=O)cc1)C(=N)N)C(=O)N(CC(=O)O)CC(=O)O. The Labute approximate surface area is 306 Å². The molecule has 16 nitrogen and oxygen atoms in total. The lowest BCUT2D eigenvalue weighted by molar-refractivity contribution is -0.158. The number of hydrogen-bond acceptors (Lipinski definition) is 8. The number of hydrogen-bond donors (Lipinski definition) is 6. The second kappa shape index (κ2) is 20.4. The summed E-state index contributed by atoms with van der Waals surface area (Å²) < 4.78 is 5.18. The van der Waals surface area contributed by atoms with Gasteiger partial charge in [-0.05, 0) is 42.0 Å². The number of ether oxygens (including phenoxy) is 1. The summed E-state index contributed by atoms with van der Waals surface area (Å²) in [5.41, 5.74) is 13.7. The van der Waals surface area contributed by atoms with Gasteiger partial charge >= 0.3 is 23.9 Å². The first-order chi connectivity index (χ1) is 25.3. The third-order valence-electron chi connectivity index (χ3n) is 8.14. The van der Waals surface area contributed by atoms with Crippen molar-refractivity contribution >= 4 is 41.7 Å². The molecule has 3 aromatic carbocycles. The van der Waals surface area contributed by atoms with Crippen LogP contribution in [0.1, 0.15) is 47.9 Å². The van der Waals surface area contributed by atoms with Crippen LogP contribution < -0.4 is 16.8 Å². The molecule has 0 saturated carbocycles. The van der Waals surface area contributed by atoms with Crippen molar-refractivity contribution in [2.75, 3.05) is 32.8 Å². The van der Waals surface area contributed by atoms with Crippen molar-refractivity contribution in [2.24, 2.45) is 11.5 Å². The smallest absolute Gasteiger partial charge is 0.325 e. The highest BCUT2D eigenvalue weighted by Crippen LogP contribution is 2.29. The maximum Gasteiger partial charge on any atom is 0.325 e. The van der Waals surface area contributed by atoms with E-state index in [1.807, 2.05) is 0 Å². The van der Waals surface area contributed by atoms with Gasteiger partial charge in [0.1, 0.15) is 25.7 Å². The largest absolute Gasteiger partial charge is 0.480 e. The van der Waals surface area contributed by atoms with Crippen molar-refractivity contribution in [1.29, 1.82) is 5.41 Å². The minimum atomic E-state index is -1.52. The van der Waals surface area contributed by atoms with Gasteiger partial charge in [0.2, 0.25) is 11.8 Å². The van der Waals surface area contributed by atoms with Crippen molar-refractivity contribution < 1.29 is 43.7 Å². The number of nitrogens with one attached hydrogen (secondary N) is 2. The molecular formula is C37H45N7O9. The summed E-state index contributed by atoms with van der Waals surface area (Å²) in [5, 5.41) is 29.9. The standard InChI is InChI=1S/C37H45N7O9/c1-2-53-32(49)24-44(35(51)33(27-10-5-3-6-11-27)28-12-7-4-8-13-28)29(34(50)43(22-30(45)46)23-31(47)48)14-9-19-42(36(38)39)21-26-17-15-25(16-18-26)20-41-37(40)52/h3-8,10-13,15-18,29,33H,2,9,14,19-24H2,1H3,(H3,38,39)(H,45,46)(H,47,48)(H3,40,41,52)/t29-/m1/s1. The van der Waals surface area contributed by atoms with E-state index < -0.39 is 67.3 Å². The Bertz CT molecular complexity index is 1670. The van der Waals surface area contributed by atoms with E-state index in [0.717, 1.165) is 16.0 Å². The highest BCUT2D eigenvalue weighted by molar-refractivity contribution is 5.96. The number of carboxylic acids is 2. The number of urea groups is 1. The molecule has 0 aliphatic rings. The number of benzene rings is 3. The van der Waals surface area contributed by atoms with Crippen molar-refractivity contribution in [2.45, 2.75) is 44.8 Å². The molecule has 0 aliphatic carbocycles. The summed E-state index contributed by atoms with van der Waals surface area (Å²) in [5.74, 6) is -6.76. The van der Waals surface area contributed by atoms with Gasteiger partial charge in [0.25, 0.3) is 0 Å². The van der Waals surface area contributed by atoms with E-state index in [2.05, 4.69) is 5.32 Å². The minimum absolute atomic E-state index is 0.0271. The second-order valence-corrected chi connectivity index (χ2v) is 12.0. The lowest BCUT2D eigenvalue weighted by atomic mass is 9.89. The number of amides is 4. The Morgan fingerprint density at radius 3 is 1.75 bits per heavy atom. The van der Waals surface area contributed by atoms with Crippen molar-refractivity contribution in [3.05, 3.63) is 107 Å². The molecule has 4 amide bonds. The Balaban J connectivity index is 2.03. The van der Waals surface area contributed by atoms with E-state index in [4.69, 9.17) is 21.6 Å². The molecule has 0 fully saturated rings. The van der Waals surface area contributed by atoms with Crippen LogP contribution in [0.3, 0.4) is 0 Å². The van der Waals surface area contributed by atoms with Crippen LogP contribution in [0.25, 0.3) is 0 Å².